The van der Waals surface area contributed by atoms with Crippen LogP contribution in [0.4, 0.5) is 0 Å². The van der Waals surface area contributed by atoms with E-state index >= 15 is 0 Å². The second kappa shape index (κ2) is 44.7. The first-order chi connectivity index (χ1) is 22.9. The summed E-state index contributed by atoms with van der Waals surface area (Å²) in [7, 11) is 0. The molecule has 0 aliphatic carbocycles. The van der Waals surface area contributed by atoms with Gasteiger partial charge in [-0.3, -0.25) is 0 Å². The summed E-state index contributed by atoms with van der Waals surface area (Å²) in [4.78, 5) is 0. The molecule has 0 amide bonds. The van der Waals surface area contributed by atoms with Gasteiger partial charge in [0.25, 0.3) is 0 Å². The third-order valence-corrected chi connectivity index (χ3v) is 5.12. The molecule has 253 valence electrons. The van der Waals surface area contributed by atoms with Gasteiger partial charge in [-0.1, -0.05) is 69.2 Å². The van der Waals surface area contributed by atoms with E-state index in [9.17, 15) is 0 Å². The molecule has 0 unspecified atom stereocenters. The fraction of sp³-hybridized carbons (Fsp3) is 0.217. The van der Waals surface area contributed by atoms with E-state index in [0.29, 0.717) is 0 Å². The van der Waals surface area contributed by atoms with Crippen LogP contribution in [0.15, 0.2) is 146 Å². The van der Waals surface area contributed by atoms with Crippen LogP contribution in [-0.2, 0) is 98.1 Å². The van der Waals surface area contributed by atoms with Crippen LogP contribution >= 0.6 is 0 Å². The van der Waals surface area contributed by atoms with Crippen LogP contribution in [0.5, 0.6) is 0 Å². The van der Waals surface area contributed by atoms with E-state index in [0.717, 1.165) is 33.4 Å². The summed E-state index contributed by atoms with van der Waals surface area (Å²) >= 11 is 0. The van der Waals surface area contributed by atoms with Crippen LogP contribution in [0.25, 0.3) is 33.4 Å². The Balaban J connectivity index is -0.000000170. The minimum atomic E-state index is 0. The van der Waals surface area contributed by atoms with Gasteiger partial charge in [0.05, 0.1) is 0 Å². The number of hydrogen-bond acceptors (Lipinski definition) is 0. The molecule has 0 aromatic heterocycles. The van der Waals surface area contributed by atoms with Gasteiger partial charge in [-0.05, 0) is 0 Å². The molecule has 0 fully saturated rings. The van der Waals surface area contributed by atoms with Crippen molar-refractivity contribution >= 4 is 0 Å². The fourth-order valence-corrected chi connectivity index (χ4v) is 3.37. The molecule has 0 spiro atoms. The zero-order chi connectivity index (χ0) is 34.7. The number of rotatable bonds is 3. The molecule has 3 radical (unpaired) electrons. The maximum atomic E-state index is 3.15. The third-order valence-electron chi connectivity index (χ3n) is 5.12. The van der Waals surface area contributed by atoms with Crippen molar-refractivity contribution < 1.29 is 98.1 Å². The first-order valence-corrected chi connectivity index (χ1v) is 16.7. The Kier molecular flexibility index (Phi) is 51.9. The van der Waals surface area contributed by atoms with Gasteiger partial charge in [0.15, 0.2) is 0 Å². The summed E-state index contributed by atoms with van der Waals surface area (Å²) < 4.78 is 0. The molecule has 0 N–H and O–H groups in total. The van der Waals surface area contributed by atoms with Crippen molar-refractivity contribution in [2.75, 3.05) is 0 Å². The van der Waals surface area contributed by atoms with Gasteiger partial charge in [-0.2, -0.15) is 146 Å². The molecular formula is C46H54Y3-6. The molecule has 0 bridgehead atoms. The fourth-order valence-electron chi connectivity index (χ4n) is 3.37. The quantitative estimate of drug-likeness (QED) is 0.155. The van der Waals surface area contributed by atoms with Crippen molar-refractivity contribution in [1.29, 1.82) is 0 Å². The van der Waals surface area contributed by atoms with Crippen LogP contribution in [0.1, 0.15) is 69.2 Å². The van der Waals surface area contributed by atoms with Crippen molar-refractivity contribution in [3.05, 3.63) is 182 Å². The Morgan fingerprint density at radius 1 is 0.224 bits per heavy atom. The van der Waals surface area contributed by atoms with E-state index in [1.165, 1.54) is 0 Å². The Bertz CT molecular complexity index is 1090. The molecule has 0 aliphatic rings. The molecule has 6 aromatic carbocycles. The Morgan fingerprint density at radius 2 is 0.347 bits per heavy atom. The van der Waals surface area contributed by atoms with Crippen molar-refractivity contribution in [2.45, 2.75) is 69.2 Å². The zero-order valence-corrected chi connectivity index (χ0v) is 40.1. The molecule has 0 aliphatic heterocycles. The average Bonchev–Trinajstić information content (AvgIpc) is 3.21. The zero-order valence-electron chi connectivity index (χ0n) is 31.6. The van der Waals surface area contributed by atoms with Gasteiger partial charge in [0.2, 0.25) is 0 Å². The van der Waals surface area contributed by atoms with Gasteiger partial charge < -0.3 is 0 Å². The summed E-state index contributed by atoms with van der Waals surface area (Å²) in [5, 5.41) is 0. The summed E-state index contributed by atoms with van der Waals surface area (Å²) in [5.41, 5.74) is 6.57. The second-order valence-corrected chi connectivity index (χ2v) is 7.66. The topological polar surface area (TPSA) is 0 Å². The molecule has 3 heteroatoms. The Labute approximate surface area is 378 Å². The largest absolute Gasteiger partial charge is 0.226 e. The smallest absolute Gasteiger partial charge is 0 e. The summed E-state index contributed by atoms with van der Waals surface area (Å²) in [6.07, 6.45) is 0. The van der Waals surface area contributed by atoms with Crippen LogP contribution < -0.4 is 0 Å². The van der Waals surface area contributed by atoms with Crippen molar-refractivity contribution in [3.63, 3.8) is 0 Å². The molecule has 0 heterocycles. The molecule has 6 aromatic rings. The molecular weight excluding hydrogens is 819 g/mol. The molecule has 0 atom stereocenters. The second-order valence-electron chi connectivity index (χ2n) is 7.66. The Morgan fingerprint density at radius 3 is 0.429 bits per heavy atom. The number of hydrogen-bond donors (Lipinski definition) is 0. The molecule has 0 saturated heterocycles. The van der Waals surface area contributed by atoms with Crippen LogP contribution in [-0.4, -0.2) is 0 Å². The van der Waals surface area contributed by atoms with Crippen molar-refractivity contribution in [2.24, 2.45) is 0 Å². The standard InChI is InChI=1S/3C12H8.5C2H6.3Y/c3*1-3-7-11(8-4-1)12-9-5-2-6-10-12;5*1-2;;;/h3*1-7,9H;5*1-2H3;;;/q3*-2;;;;;;;;. The normalized spacial score (nSPS) is 7.71. The van der Waals surface area contributed by atoms with E-state index in [-0.39, 0.29) is 98.1 Å². The van der Waals surface area contributed by atoms with E-state index in [1.54, 1.807) is 0 Å². The maximum Gasteiger partial charge on any atom is 0 e. The minimum absolute atomic E-state index is 0. The monoisotopic (exact) mass is 873 g/mol. The molecule has 0 nitrogen and oxygen atoms in total. The van der Waals surface area contributed by atoms with Gasteiger partial charge >= 0.3 is 0 Å². The summed E-state index contributed by atoms with van der Waals surface area (Å²) in [6, 6.07) is 66.4. The minimum Gasteiger partial charge on any atom is -0.226 e. The maximum absolute atomic E-state index is 3.15. The first kappa shape index (κ1) is 57.0. The first-order valence-electron chi connectivity index (χ1n) is 16.7. The number of benzene rings is 6. The van der Waals surface area contributed by atoms with Gasteiger partial charge in [0, 0.05) is 98.1 Å². The van der Waals surface area contributed by atoms with Crippen molar-refractivity contribution in [3.8, 4) is 33.4 Å². The third kappa shape index (κ3) is 27.0. The average molecular weight is 874 g/mol. The van der Waals surface area contributed by atoms with Crippen LogP contribution in [0.3, 0.4) is 0 Å². The van der Waals surface area contributed by atoms with E-state index in [2.05, 4.69) is 36.4 Å². The predicted octanol–water partition coefficient (Wildman–Crippen LogP) is 14.0. The predicted molar refractivity (Wildman–Crippen MR) is 205 cm³/mol. The Hall–Kier alpha value is -1.37. The summed E-state index contributed by atoms with van der Waals surface area (Å²) in [6.45, 7) is 20.0. The summed E-state index contributed by atoms with van der Waals surface area (Å²) in [5.74, 6) is 0. The van der Waals surface area contributed by atoms with Crippen molar-refractivity contribution in [1.82, 2.24) is 0 Å². The van der Waals surface area contributed by atoms with Gasteiger partial charge in [-0.15, -0.1) is 36.4 Å². The molecule has 0 saturated carbocycles. The van der Waals surface area contributed by atoms with E-state index in [4.69, 9.17) is 0 Å². The van der Waals surface area contributed by atoms with Gasteiger partial charge in [0.1, 0.15) is 0 Å². The van der Waals surface area contributed by atoms with E-state index in [1.807, 2.05) is 215 Å². The SMILES string of the molecule is CC.CC.CC.CC.CC.[Y].[Y].[Y].[c-]1ccccc1-c1[c-]cccc1.[c-]1ccccc1-c1[c-]cccc1.[c-]1ccccc1-c1[c-]cccc1. The van der Waals surface area contributed by atoms with Crippen LogP contribution in [0, 0.1) is 36.4 Å². The van der Waals surface area contributed by atoms with E-state index < -0.39 is 0 Å². The molecule has 6 rings (SSSR count). The van der Waals surface area contributed by atoms with Crippen LogP contribution in [0.2, 0.25) is 0 Å². The molecule has 49 heavy (non-hydrogen) atoms. The van der Waals surface area contributed by atoms with Gasteiger partial charge in [-0.25, -0.2) is 33.4 Å².